The van der Waals surface area contributed by atoms with Crippen LogP contribution in [-0.4, -0.2) is 6.61 Å². The van der Waals surface area contributed by atoms with Crippen LogP contribution >= 0.6 is 0 Å². The molecular weight excluding hydrogens is 164 g/mol. The average molecular weight is 168 g/mol. The normalized spacial score (nSPS) is 9.08. The summed E-state index contributed by atoms with van der Waals surface area (Å²) >= 11 is 0. The number of halogens is 2. The zero-order valence-electron chi connectivity index (χ0n) is 5.97. The van der Waals surface area contributed by atoms with Crippen LogP contribution in [0.2, 0.25) is 0 Å². The quantitative estimate of drug-likeness (QED) is 0.672. The van der Waals surface area contributed by atoms with Gasteiger partial charge >= 0.3 is 0 Å². The van der Waals surface area contributed by atoms with Crippen LogP contribution in [0.15, 0.2) is 12.1 Å². The van der Waals surface area contributed by atoms with E-state index in [2.05, 4.69) is 4.74 Å². The Morgan fingerprint density at radius 2 is 2.33 bits per heavy atom. The molecule has 12 heavy (non-hydrogen) atoms. The van der Waals surface area contributed by atoms with Gasteiger partial charge in [-0.3, -0.25) is 0 Å². The number of hydrogen-bond donors (Lipinski definition) is 0. The molecule has 0 spiro atoms. The van der Waals surface area contributed by atoms with Crippen LogP contribution in [0.3, 0.4) is 0 Å². The Bertz CT molecular complexity index is 319. The van der Waals surface area contributed by atoms with Gasteiger partial charge in [0, 0.05) is 6.07 Å². The van der Waals surface area contributed by atoms with Crippen molar-refractivity contribution >= 4 is 0 Å². The van der Waals surface area contributed by atoms with Crippen molar-refractivity contribution < 1.29 is 13.5 Å². The van der Waals surface area contributed by atoms with Crippen molar-refractivity contribution in [2.75, 3.05) is 6.61 Å². The summed E-state index contributed by atoms with van der Waals surface area (Å²) in [7, 11) is 0. The van der Waals surface area contributed by atoms with E-state index in [1.807, 2.05) is 6.07 Å². The minimum absolute atomic E-state index is 0.271. The maximum atomic E-state index is 12.7. The van der Waals surface area contributed by atoms with E-state index in [-0.39, 0.29) is 12.4 Å². The van der Waals surface area contributed by atoms with Gasteiger partial charge in [-0.25, -0.2) is 4.39 Å². The summed E-state index contributed by atoms with van der Waals surface area (Å²) in [6.45, 7) is -0.305. The smallest absolute Gasteiger partial charge is 0.201 e. The average Bonchev–Trinajstić information content (AvgIpc) is 2.08. The molecule has 2 nitrogen and oxygen atoms in total. The molecule has 0 atom stereocenters. The molecule has 1 rings (SSSR count). The van der Waals surface area contributed by atoms with Crippen LogP contribution in [0.25, 0.3) is 0 Å². The van der Waals surface area contributed by atoms with E-state index < -0.39 is 11.6 Å². The highest BCUT2D eigenvalue weighted by molar-refractivity contribution is 5.24. The summed E-state index contributed by atoms with van der Waals surface area (Å²) in [5, 5.41) is 8.09. The van der Waals surface area contributed by atoms with Gasteiger partial charge in [-0.2, -0.15) is 9.65 Å². The lowest BCUT2D eigenvalue weighted by molar-refractivity contribution is 0.336. The highest BCUT2D eigenvalue weighted by Gasteiger charge is 2.07. The maximum absolute atomic E-state index is 12.7. The molecule has 0 bridgehead atoms. The zero-order valence-corrected chi connectivity index (χ0v) is 5.97. The monoisotopic (exact) mass is 168 g/mol. The number of rotatable bonds is 2. The lowest BCUT2D eigenvalue weighted by Crippen LogP contribution is -1.97. The van der Waals surface area contributed by atoms with Crippen LogP contribution in [0.1, 0.15) is 0 Å². The molecule has 0 fully saturated rings. The number of benzene rings is 1. The van der Waals surface area contributed by atoms with Crippen molar-refractivity contribution in [1.29, 1.82) is 5.26 Å². The second-order valence-corrected chi connectivity index (χ2v) is 1.92. The third kappa shape index (κ3) is 1.70. The Labute approximate surface area is 68.0 Å². The van der Waals surface area contributed by atoms with Crippen molar-refractivity contribution in [3.8, 4) is 11.8 Å². The molecule has 0 saturated heterocycles. The topological polar surface area (TPSA) is 33.0 Å². The van der Waals surface area contributed by atoms with Crippen LogP contribution < -0.4 is 4.74 Å². The largest absolute Gasteiger partial charge is 0.476 e. The molecule has 0 aromatic heterocycles. The Balaban J connectivity index is 2.86. The highest BCUT2D eigenvalue weighted by atomic mass is 19.2. The number of ether oxygens (including phenoxy) is 1. The van der Waals surface area contributed by atoms with E-state index in [0.717, 1.165) is 0 Å². The fourth-order valence-corrected chi connectivity index (χ4v) is 0.657. The van der Waals surface area contributed by atoms with Gasteiger partial charge in [-0.1, -0.05) is 0 Å². The first-order valence-electron chi connectivity index (χ1n) is 3.11. The molecule has 1 radical (unpaired) electrons. The summed E-state index contributed by atoms with van der Waals surface area (Å²) in [5.41, 5.74) is 0. The second-order valence-electron chi connectivity index (χ2n) is 1.92. The molecule has 0 aliphatic heterocycles. The van der Waals surface area contributed by atoms with Crippen molar-refractivity contribution in [2.45, 2.75) is 0 Å². The van der Waals surface area contributed by atoms with Crippen LogP contribution in [0.5, 0.6) is 5.75 Å². The van der Waals surface area contributed by atoms with E-state index >= 15 is 0 Å². The predicted octanol–water partition coefficient (Wildman–Crippen LogP) is 1.67. The fourth-order valence-electron chi connectivity index (χ4n) is 0.657. The Morgan fingerprint density at radius 1 is 1.58 bits per heavy atom. The third-order valence-electron chi connectivity index (χ3n) is 1.15. The van der Waals surface area contributed by atoms with Crippen molar-refractivity contribution in [2.24, 2.45) is 0 Å². The molecule has 0 heterocycles. The predicted molar refractivity (Wildman–Crippen MR) is 36.3 cm³/mol. The lowest BCUT2D eigenvalue weighted by Gasteiger charge is -2.01. The summed E-state index contributed by atoms with van der Waals surface area (Å²) in [6.07, 6.45) is 0. The maximum Gasteiger partial charge on any atom is 0.201 e. The first-order valence-corrected chi connectivity index (χ1v) is 3.11. The standard InChI is InChI=1S/C8H4F2NO/c9-6-2-1-3-7(8(6)10)12-5-4-11/h1,3H,5H2. The fraction of sp³-hybridized carbons (Fsp3) is 0.125. The number of nitriles is 1. The minimum atomic E-state index is -1.12. The molecule has 0 saturated carbocycles. The molecule has 0 amide bonds. The third-order valence-corrected chi connectivity index (χ3v) is 1.15. The Hall–Kier alpha value is -1.63. The van der Waals surface area contributed by atoms with Crippen molar-refractivity contribution in [3.63, 3.8) is 0 Å². The van der Waals surface area contributed by atoms with E-state index in [0.29, 0.717) is 0 Å². The second kappa shape index (κ2) is 3.67. The summed E-state index contributed by atoms with van der Waals surface area (Å²) in [4.78, 5) is 0. The van der Waals surface area contributed by atoms with Crippen LogP contribution in [-0.2, 0) is 0 Å². The Kier molecular flexibility index (Phi) is 2.59. The van der Waals surface area contributed by atoms with Gasteiger partial charge < -0.3 is 4.74 Å². The first kappa shape index (κ1) is 8.47. The van der Waals surface area contributed by atoms with Crippen molar-refractivity contribution in [3.05, 3.63) is 29.8 Å². The highest BCUT2D eigenvalue weighted by Crippen LogP contribution is 2.18. The summed E-state index contributed by atoms with van der Waals surface area (Å²) in [5.74, 6) is -2.49. The van der Waals surface area contributed by atoms with Gasteiger partial charge in [0.15, 0.2) is 18.2 Å². The number of hydrogen-bond acceptors (Lipinski definition) is 2. The van der Waals surface area contributed by atoms with E-state index in [1.54, 1.807) is 6.07 Å². The van der Waals surface area contributed by atoms with Gasteiger partial charge in [0.2, 0.25) is 5.82 Å². The van der Waals surface area contributed by atoms with E-state index in [1.165, 1.54) is 12.1 Å². The lowest BCUT2D eigenvalue weighted by atomic mass is 10.3. The van der Waals surface area contributed by atoms with E-state index in [9.17, 15) is 8.78 Å². The summed E-state index contributed by atoms with van der Waals surface area (Å²) in [6, 6.07) is 6.04. The van der Waals surface area contributed by atoms with Gasteiger partial charge in [0.1, 0.15) is 6.07 Å². The van der Waals surface area contributed by atoms with Gasteiger partial charge in [-0.15, -0.1) is 0 Å². The Morgan fingerprint density at radius 3 is 3.00 bits per heavy atom. The van der Waals surface area contributed by atoms with Crippen LogP contribution in [0.4, 0.5) is 8.78 Å². The summed E-state index contributed by atoms with van der Waals surface area (Å²) < 4.78 is 29.7. The molecular formula is C8H4F2NO. The van der Waals surface area contributed by atoms with Gasteiger partial charge in [0.05, 0.1) is 0 Å². The van der Waals surface area contributed by atoms with Gasteiger partial charge in [-0.05, 0) is 12.1 Å². The zero-order chi connectivity index (χ0) is 8.97. The SMILES string of the molecule is N#CCOc1cc[c]c(F)c1F. The van der Waals surface area contributed by atoms with Crippen molar-refractivity contribution in [1.82, 2.24) is 0 Å². The minimum Gasteiger partial charge on any atom is -0.476 e. The molecule has 1 aromatic carbocycles. The first-order chi connectivity index (χ1) is 5.75. The molecule has 61 valence electrons. The molecule has 0 aliphatic carbocycles. The van der Waals surface area contributed by atoms with Crippen LogP contribution in [0, 0.1) is 29.0 Å². The molecule has 1 aromatic rings. The van der Waals surface area contributed by atoms with E-state index in [4.69, 9.17) is 5.26 Å². The molecule has 0 aliphatic rings. The van der Waals surface area contributed by atoms with Gasteiger partial charge in [0.25, 0.3) is 0 Å². The number of nitrogens with zero attached hydrogens (tertiary/aromatic N) is 1. The molecule has 0 N–H and O–H groups in total. The molecule has 4 heteroatoms. The molecule has 0 unspecified atom stereocenters.